The molecule has 0 unspecified atom stereocenters. The molecule has 0 atom stereocenters. The number of nitriles is 1. The summed E-state index contributed by atoms with van der Waals surface area (Å²) in [7, 11) is 1.49. The summed E-state index contributed by atoms with van der Waals surface area (Å²) in [6.45, 7) is 1.71. The van der Waals surface area contributed by atoms with Crippen LogP contribution in [0.1, 0.15) is 11.5 Å². The number of methoxy groups -OCH3 is 1. The molecule has 0 aliphatic carbocycles. The number of furan rings is 1. The lowest BCUT2D eigenvalue weighted by Gasteiger charge is -2.08. The number of anilines is 1. The number of nitrogens with zero attached hydrogens (tertiary/aromatic N) is 2. The van der Waals surface area contributed by atoms with Crippen molar-refractivity contribution >= 4 is 45.4 Å². The van der Waals surface area contributed by atoms with Crippen LogP contribution in [-0.2, 0) is 4.79 Å². The van der Waals surface area contributed by atoms with E-state index < -0.39 is 5.91 Å². The summed E-state index contributed by atoms with van der Waals surface area (Å²) in [5.41, 5.74) is 0.592. The van der Waals surface area contributed by atoms with Crippen LogP contribution in [-0.4, -0.2) is 23.0 Å². The number of hydrogen-bond acceptors (Lipinski definition) is 7. The van der Waals surface area contributed by atoms with E-state index in [0.717, 1.165) is 11.8 Å². The van der Waals surface area contributed by atoms with E-state index in [9.17, 15) is 14.9 Å². The molecule has 1 aromatic carbocycles. The molecule has 2 aromatic heterocycles. The van der Waals surface area contributed by atoms with Crippen molar-refractivity contribution in [2.24, 2.45) is 0 Å². The molecule has 0 spiro atoms. The van der Waals surface area contributed by atoms with Crippen molar-refractivity contribution < 1.29 is 13.9 Å². The van der Waals surface area contributed by atoms with E-state index in [0.29, 0.717) is 31.9 Å². The van der Waals surface area contributed by atoms with E-state index in [1.165, 1.54) is 19.3 Å². The molecule has 152 valence electrons. The monoisotopic (exact) mass is 486 g/mol. The Balaban J connectivity index is 1.82. The molecule has 8 nitrogen and oxygen atoms in total. The Hall–Kier alpha value is -3.29. The number of nitrogens with one attached hydrogen (secondary N) is 2. The highest BCUT2D eigenvalue weighted by Gasteiger charge is 2.16. The highest BCUT2D eigenvalue weighted by atomic mass is 79.9. The van der Waals surface area contributed by atoms with Crippen molar-refractivity contribution in [3.8, 4) is 11.8 Å². The molecule has 0 aliphatic rings. The van der Waals surface area contributed by atoms with Crippen molar-refractivity contribution in [1.82, 2.24) is 9.97 Å². The van der Waals surface area contributed by atoms with Crippen LogP contribution in [0.25, 0.3) is 6.08 Å². The number of carbonyl (C=O) groups is 1. The fraction of sp³-hybridized carbons (Fsp3) is 0.100. The zero-order chi connectivity index (χ0) is 21.7. The van der Waals surface area contributed by atoms with Gasteiger partial charge in [-0.2, -0.15) is 5.26 Å². The van der Waals surface area contributed by atoms with Gasteiger partial charge in [0.05, 0.1) is 17.3 Å². The largest absolute Gasteiger partial charge is 0.495 e. The molecule has 0 saturated heterocycles. The van der Waals surface area contributed by atoms with Gasteiger partial charge in [0.1, 0.15) is 23.2 Å². The zero-order valence-corrected chi connectivity index (χ0v) is 18.3. The number of aryl methyl sites for hydroxylation is 1. The molecular weight excluding hydrogens is 472 g/mol. The van der Waals surface area contributed by atoms with Crippen molar-refractivity contribution in [3.05, 3.63) is 68.3 Å². The molecule has 10 heteroatoms. The van der Waals surface area contributed by atoms with Crippen molar-refractivity contribution in [2.75, 3.05) is 12.4 Å². The number of benzene rings is 1. The van der Waals surface area contributed by atoms with Gasteiger partial charge in [0.2, 0.25) is 0 Å². The zero-order valence-electron chi connectivity index (χ0n) is 15.9. The van der Waals surface area contributed by atoms with Crippen LogP contribution >= 0.6 is 27.7 Å². The Morgan fingerprint density at radius 1 is 1.40 bits per heavy atom. The molecule has 0 bridgehead atoms. The van der Waals surface area contributed by atoms with Gasteiger partial charge in [0, 0.05) is 17.8 Å². The van der Waals surface area contributed by atoms with Crippen molar-refractivity contribution in [3.63, 3.8) is 0 Å². The number of hydrogen-bond donors (Lipinski definition) is 2. The van der Waals surface area contributed by atoms with Crippen molar-refractivity contribution in [2.45, 2.75) is 17.2 Å². The number of carbonyl (C=O) groups excluding carboxylic acids is 1. The normalized spacial score (nSPS) is 11.1. The Morgan fingerprint density at radius 3 is 2.87 bits per heavy atom. The van der Waals surface area contributed by atoms with Gasteiger partial charge in [-0.15, -0.1) is 0 Å². The number of para-hydroxylation sites is 2. The highest BCUT2D eigenvalue weighted by Crippen LogP contribution is 2.35. The first kappa shape index (κ1) is 21.4. The molecule has 1 amide bonds. The molecule has 0 aliphatic heterocycles. The van der Waals surface area contributed by atoms with Gasteiger partial charge in [-0.05, 0) is 52.8 Å². The van der Waals surface area contributed by atoms with Crippen LogP contribution < -0.4 is 15.6 Å². The predicted octanol–water partition coefficient (Wildman–Crippen LogP) is 4.14. The molecular formula is C20H15BrN4O4S. The quantitative estimate of drug-likeness (QED) is 0.305. The van der Waals surface area contributed by atoms with Crippen LogP contribution in [0, 0.1) is 18.3 Å². The molecule has 0 saturated carbocycles. The minimum atomic E-state index is -0.603. The lowest BCUT2D eigenvalue weighted by molar-refractivity contribution is -0.112. The van der Waals surface area contributed by atoms with Gasteiger partial charge < -0.3 is 19.5 Å². The highest BCUT2D eigenvalue weighted by molar-refractivity contribution is 9.10. The first-order chi connectivity index (χ1) is 14.4. The molecule has 0 radical (unpaired) electrons. The smallest absolute Gasteiger partial charge is 0.266 e. The first-order valence-corrected chi connectivity index (χ1v) is 10.1. The second-order valence-corrected chi connectivity index (χ2v) is 7.72. The minimum absolute atomic E-state index is 0.152. The maximum atomic E-state index is 12.5. The van der Waals surface area contributed by atoms with Crippen LogP contribution in [0.2, 0.25) is 0 Å². The van der Waals surface area contributed by atoms with Gasteiger partial charge >= 0.3 is 0 Å². The number of aromatic amines is 1. The topological polar surface area (TPSA) is 121 Å². The Labute approximate surface area is 184 Å². The lowest BCUT2D eigenvalue weighted by Crippen LogP contribution is -2.14. The first-order valence-electron chi connectivity index (χ1n) is 8.51. The van der Waals surface area contributed by atoms with Gasteiger partial charge in [-0.1, -0.05) is 12.1 Å². The molecule has 0 fully saturated rings. The van der Waals surface area contributed by atoms with Crippen LogP contribution in [0.15, 0.2) is 65.9 Å². The fourth-order valence-corrected chi connectivity index (χ4v) is 3.79. The summed E-state index contributed by atoms with van der Waals surface area (Å²) in [6.07, 6.45) is 1.33. The summed E-state index contributed by atoms with van der Waals surface area (Å²) in [5.74, 6) is 0.154. The molecule has 3 rings (SSSR count). The van der Waals surface area contributed by atoms with E-state index in [1.54, 1.807) is 37.3 Å². The molecule has 30 heavy (non-hydrogen) atoms. The second-order valence-electron chi connectivity index (χ2n) is 5.90. The summed E-state index contributed by atoms with van der Waals surface area (Å²) in [4.78, 5) is 30.9. The summed E-state index contributed by atoms with van der Waals surface area (Å²) >= 11 is 4.47. The average molecular weight is 487 g/mol. The van der Waals surface area contributed by atoms with E-state index >= 15 is 0 Å². The molecule has 3 aromatic rings. The summed E-state index contributed by atoms with van der Waals surface area (Å²) in [5, 5.41) is 12.8. The predicted molar refractivity (Wildman–Crippen MR) is 115 cm³/mol. The second kappa shape index (κ2) is 9.47. The fourth-order valence-electron chi connectivity index (χ4n) is 2.43. The van der Waals surface area contributed by atoms with E-state index in [2.05, 4.69) is 31.2 Å². The van der Waals surface area contributed by atoms with Gasteiger partial charge in [-0.25, -0.2) is 4.98 Å². The molecule has 2 heterocycles. The maximum Gasteiger partial charge on any atom is 0.266 e. The van der Waals surface area contributed by atoms with E-state index in [-0.39, 0.29) is 16.9 Å². The van der Waals surface area contributed by atoms with Gasteiger partial charge in [-0.3, -0.25) is 9.59 Å². The summed E-state index contributed by atoms with van der Waals surface area (Å²) in [6, 6.07) is 11.7. The van der Waals surface area contributed by atoms with E-state index in [4.69, 9.17) is 9.15 Å². The van der Waals surface area contributed by atoms with E-state index in [1.807, 2.05) is 6.07 Å². The number of amides is 1. The van der Waals surface area contributed by atoms with Gasteiger partial charge in [0.25, 0.3) is 11.5 Å². The molecule has 2 N–H and O–H groups in total. The van der Waals surface area contributed by atoms with Crippen LogP contribution in [0.3, 0.4) is 0 Å². The Kier molecular flexibility index (Phi) is 6.76. The van der Waals surface area contributed by atoms with Crippen LogP contribution in [0.5, 0.6) is 5.75 Å². The minimum Gasteiger partial charge on any atom is -0.495 e. The number of ether oxygens (including phenoxy) is 1. The third-order valence-corrected chi connectivity index (χ3v) is 5.45. The third-order valence-electron chi connectivity index (χ3n) is 3.72. The number of H-pyrrole nitrogens is 1. The van der Waals surface area contributed by atoms with Gasteiger partial charge in [0.15, 0.2) is 10.2 Å². The lowest BCUT2D eigenvalue weighted by atomic mass is 10.2. The average Bonchev–Trinajstić information content (AvgIpc) is 3.04. The van der Waals surface area contributed by atoms with Crippen LogP contribution in [0.4, 0.5) is 5.69 Å². The number of halogens is 1. The summed E-state index contributed by atoms with van der Waals surface area (Å²) < 4.78 is 11.5. The third kappa shape index (κ3) is 5.20. The maximum absolute atomic E-state index is 12.5. The Bertz CT molecular complexity index is 1230. The SMILES string of the molecule is COc1ccccc1NC(=O)/C(C#N)=C/c1cc(Br)c(Sc2nc(C)cc(=O)[nH]2)o1. The standard InChI is InChI=1S/C20H15BrN4O4S/c1-11-7-17(26)25-20(23-11)30-19-14(21)9-13(29-19)8-12(10-22)18(27)24-15-5-3-4-6-16(15)28-2/h3-9H,1-2H3,(H,24,27)(H,23,25,26)/b12-8+. The van der Waals surface area contributed by atoms with Crippen molar-refractivity contribution in [1.29, 1.82) is 5.26 Å². The number of rotatable bonds is 6. The number of aromatic nitrogens is 2. The Morgan fingerprint density at radius 2 is 2.17 bits per heavy atom.